The van der Waals surface area contributed by atoms with Crippen LogP contribution in [0.1, 0.15) is 36.8 Å². The number of halogens is 1. The number of nitrogens with one attached hydrogen (secondary N) is 1. The number of nitrogens with zero attached hydrogens (tertiary/aromatic N) is 5. The van der Waals surface area contributed by atoms with Crippen LogP contribution in [0.25, 0.3) is 11.1 Å². The average Bonchev–Trinajstić information content (AvgIpc) is 3.38. The molecule has 5 rings (SSSR count). The largest absolute Gasteiger partial charge is 0.367 e. The second kappa shape index (κ2) is 11.6. The summed E-state index contributed by atoms with van der Waals surface area (Å²) in [6.45, 7) is 0. The predicted molar refractivity (Wildman–Crippen MR) is 153 cm³/mol. The molecule has 2 aromatic carbocycles. The van der Waals surface area contributed by atoms with Crippen LogP contribution in [0.5, 0.6) is 0 Å². The van der Waals surface area contributed by atoms with Crippen molar-refractivity contribution in [1.82, 2.24) is 14.8 Å². The molecule has 1 amide bonds. The maximum absolute atomic E-state index is 13.7. The number of hydrogen-bond donors (Lipinski definition) is 1. The summed E-state index contributed by atoms with van der Waals surface area (Å²) in [5, 5.41) is 16.8. The van der Waals surface area contributed by atoms with E-state index in [-0.39, 0.29) is 18.0 Å². The zero-order valence-corrected chi connectivity index (χ0v) is 22.8. The summed E-state index contributed by atoms with van der Waals surface area (Å²) in [5.74, 6) is 0.883. The third-order valence-corrected chi connectivity index (χ3v) is 7.56. The molecular formula is C30H29BrN6O. The van der Waals surface area contributed by atoms with E-state index in [2.05, 4.69) is 49.5 Å². The molecule has 1 aliphatic rings. The first kappa shape index (κ1) is 25.7. The standard InChI is InChI=1S/C30H29BrN6O/c1-36-20-24(19-34-36)23-5-11-27(12-6-23)37(30(38)16-21-2-7-25(31)8-3-21)28-13-9-26(10-14-28)35-29-15-4-22(17-32)18-33-29/h2-8,11-12,15,18-20,26,28H,9-10,13-14,16H2,1H3,(H,33,35). The van der Waals surface area contributed by atoms with Crippen LogP contribution in [-0.2, 0) is 18.3 Å². The minimum absolute atomic E-state index is 0.103. The summed E-state index contributed by atoms with van der Waals surface area (Å²) in [6, 6.07) is 22.3. The van der Waals surface area contributed by atoms with Crippen LogP contribution in [0.2, 0.25) is 0 Å². The molecule has 1 fully saturated rings. The van der Waals surface area contributed by atoms with Crippen LogP contribution < -0.4 is 10.2 Å². The van der Waals surface area contributed by atoms with E-state index in [4.69, 9.17) is 5.26 Å². The van der Waals surface area contributed by atoms with Crippen molar-refractivity contribution in [2.24, 2.45) is 7.05 Å². The lowest BCUT2D eigenvalue weighted by Gasteiger charge is -2.37. The molecule has 192 valence electrons. The average molecular weight is 570 g/mol. The van der Waals surface area contributed by atoms with E-state index >= 15 is 0 Å². The molecule has 1 N–H and O–H groups in total. The number of anilines is 2. The van der Waals surface area contributed by atoms with Crippen LogP contribution in [-0.4, -0.2) is 32.8 Å². The zero-order valence-electron chi connectivity index (χ0n) is 21.2. The molecule has 1 saturated carbocycles. The molecule has 0 saturated heterocycles. The molecular weight excluding hydrogens is 540 g/mol. The second-order valence-corrected chi connectivity index (χ2v) is 10.6. The smallest absolute Gasteiger partial charge is 0.231 e. The highest BCUT2D eigenvalue weighted by Gasteiger charge is 2.30. The van der Waals surface area contributed by atoms with Gasteiger partial charge in [-0.25, -0.2) is 4.98 Å². The first-order valence-corrected chi connectivity index (χ1v) is 13.6. The first-order chi connectivity index (χ1) is 18.5. The molecule has 0 unspecified atom stereocenters. The summed E-state index contributed by atoms with van der Waals surface area (Å²) in [7, 11) is 1.91. The van der Waals surface area contributed by atoms with Crippen LogP contribution in [0.4, 0.5) is 11.5 Å². The lowest BCUT2D eigenvalue weighted by Crippen LogP contribution is -2.45. The van der Waals surface area contributed by atoms with Gasteiger partial charge in [0, 0.05) is 47.2 Å². The van der Waals surface area contributed by atoms with Crippen molar-refractivity contribution in [3.63, 3.8) is 0 Å². The van der Waals surface area contributed by atoms with E-state index in [1.54, 1.807) is 16.9 Å². The SMILES string of the molecule is Cn1cc(-c2ccc(N(C(=O)Cc3ccc(Br)cc3)C3CCC(Nc4ccc(C#N)cn4)CC3)cc2)cn1. The van der Waals surface area contributed by atoms with Gasteiger partial charge in [-0.05, 0) is 73.2 Å². The third-order valence-electron chi connectivity index (χ3n) is 7.03. The number of aryl methyl sites for hydroxylation is 1. The fourth-order valence-electron chi connectivity index (χ4n) is 5.04. The Morgan fingerprint density at radius 1 is 1.03 bits per heavy atom. The summed E-state index contributed by atoms with van der Waals surface area (Å²) in [4.78, 5) is 20.1. The molecule has 7 nitrogen and oxygen atoms in total. The Morgan fingerprint density at radius 3 is 2.37 bits per heavy atom. The highest BCUT2D eigenvalue weighted by molar-refractivity contribution is 9.10. The number of amides is 1. The van der Waals surface area contributed by atoms with Gasteiger partial charge in [0.05, 0.1) is 18.2 Å². The molecule has 8 heteroatoms. The Bertz CT molecular complexity index is 1420. The van der Waals surface area contributed by atoms with Crippen molar-refractivity contribution >= 4 is 33.3 Å². The van der Waals surface area contributed by atoms with Crippen molar-refractivity contribution in [3.05, 3.63) is 94.9 Å². The molecule has 1 aliphatic carbocycles. The topological polar surface area (TPSA) is 86.8 Å². The van der Waals surface area contributed by atoms with E-state index in [0.29, 0.717) is 12.0 Å². The number of carbonyl (C=O) groups is 1. The van der Waals surface area contributed by atoms with E-state index in [1.807, 2.05) is 66.8 Å². The van der Waals surface area contributed by atoms with E-state index in [0.717, 1.165) is 58.4 Å². The van der Waals surface area contributed by atoms with E-state index in [9.17, 15) is 4.79 Å². The Labute approximate surface area is 231 Å². The fourth-order valence-corrected chi connectivity index (χ4v) is 5.30. The lowest BCUT2D eigenvalue weighted by atomic mass is 9.89. The molecule has 2 aromatic heterocycles. The third kappa shape index (κ3) is 6.12. The van der Waals surface area contributed by atoms with Crippen molar-refractivity contribution < 1.29 is 4.79 Å². The maximum atomic E-state index is 13.7. The van der Waals surface area contributed by atoms with Crippen LogP contribution in [0.15, 0.2) is 83.7 Å². The second-order valence-electron chi connectivity index (χ2n) is 9.71. The number of carbonyl (C=O) groups excluding carboxylic acids is 1. The minimum atomic E-state index is 0.103. The van der Waals surface area contributed by atoms with Gasteiger partial charge < -0.3 is 10.2 Å². The lowest BCUT2D eigenvalue weighted by molar-refractivity contribution is -0.118. The number of aromatic nitrogens is 3. The number of nitriles is 1. The maximum Gasteiger partial charge on any atom is 0.231 e. The molecule has 4 aromatic rings. The van der Waals surface area contributed by atoms with Crippen LogP contribution >= 0.6 is 15.9 Å². The van der Waals surface area contributed by atoms with Gasteiger partial charge in [0.1, 0.15) is 11.9 Å². The van der Waals surface area contributed by atoms with Crippen molar-refractivity contribution in [2.45, 2.75) is 44.2 Å². The van der Waals surface area contributed by atoms with Gasteiger partial charge in [-0.15, -0.1) is 0 Å². The number of pyridine rings is 1. The summed E-state index contributed by atoms with van der Waals surface area (Å²) < 4.78 is 2.79. The van der Waals surface area contributed by atoms with E-state index in [1.165, 1.54) is 0 Å². The Kier molecular flexibility index (Phi) is 7.85. The van der Waals surface area contributed by atoms with Gasteiger partial charge in [-0.2, -0.15) is 10.4 Å². The van der Waals surface area contributed by atoms with Gasteiger partial charge >= 0.3 is 0 Å². The van der Waals surface area contributed by atoms with Crippen molar-refractivity contribution in [1.29, 1.82) is 5.26 Å². The quantitative estimate of drug-likeness (QED) is 0.290. The van der Waals surface area contributed by atoms with E-state index < -0.39 is 0 Å². The molecule has 38 heavy (non-hydrogen) atoms. The normalized spacial score (nSPS) is 17.0. The highest BCUT2D eigenvalue weighted by Crippen LogP contribution is 2.31. The van der Waals surface area contributed by atoms with Crippen molar-refractivity contribution in [3.8, 4) is 17.2 Å². The summed E-state index contributed by atoms with van der Waals surface area (Å²) in [6.07, 6.45) is 9.43. The van der Waals surface area contributed by atoms with Gasteiger partial charge in [0.15, 0.2) is 0 Å². The van der Waals surface area contributed by atoms with Crippen molar-refractivity contribution in [2.75, 3.05) is 10.2 Å². The van der Waals surface area contributed by atoms with Gasteiger partial charge in [-0.1, -0.05) is 40.2 Å². The van der Waals surface area contributed by atoms with Gasteiger partial charge in [-0.3, -0.25) is 9.48 Å². The number of hydrogen-bond acceptors (Lipinski definition) is 5. The fraction of sp³-hybridized carbons (Fsp3) is 0.267. The molecule has 0 bridgehead atoms. The molecule has 0 atom stereocenters. The summed E-state index contributed by atoms with van der Waals surface area (Å²) in [5.41, 5.74) is 4.59. The summed E-state index contributed by atoms with van der Waals surface area (Å²) >= 11 is 3.48. The Morgan fingerprint density at radius 2 is 1.76 bits per heavy atom. The zero-order chi connectivity index (χ0) is 26.5. The predicted octanol–water partition coefficient (Wildman–Crippen LogP) is 6.12. The minimum Gasteiger partial charge on any atom is -0.367 e. The Balaban J connectivity index is 1.32. The monoisotopic (exact) mass is 568 g/mol. The first-order valence-electron chi connectivity index (χ1n) is 12.8. The molecule has 0 aliphatic heterocycles. The highest BCUT2D eigenvalue weighted by atomic mass is 79.9. The molecule has 2 heterocycles. The number of benzene rings is 2. The van der Waals surface area contributed by atoms with Crippen LogP contribution in [0.3, 0.4) is 0 Å². The van der Waals surface area contributed by atoms with Crippen LogP contribution in [0, 0.1) is 11.3 Å². The Hall–Kier alpha value is -3.96. The van der Waals surface area contributed by atoms with Gasteiger partial charge in [0.2, 0.25) is 5.91 Å². The molecule has 0 spiro atoms. The molecule has 0 radical (unpaired) electrons. The van der Waals surface area contributed by atoms with Gasteiger partial charge in [0.25, 0.3) is 0 Å². The number of rotatable bonds is 7.